The molecule has 5 aromatic rings. The fourth-order valence-corrected chi connectivity index (χ4v) is 5.34. The zero-order chi connectivity index (χ0) is 27.6. The third-order valence-electron chi connectivity index (χ3n) is 7.17. The van der Waals surface area contributed by atoms with Gasteiger partial charge in [-0.2, -0.15) is 5.10 Å². The summed E-state index contributed by atoms with van der Waals surface area (Å²) in [5, 5.41) is 8.06. The molecule has 3 aromatic carbocycles. The molecule has 0 aliphatic carbocycles. The van der Waals surface area contributed by atoms with Crippen LogP contribution in [-0.2, 0) is 13.0 Å². The van der Waals surface area contributed by atoms with Gasteiger partial charge >= 0.3 is 6.03 Å². The predicted molar refractivity (Wildman–Crippen MR) is 153 cm³/mol. The van der Waals surface area contributed by atoms with Gasteiger partial charge < -0.3 is 19.5 Å². The monoisotopic (exact) mass is 535 g/mol. The van der Waals surface area contributed by atoms with Crippen LogP contribution in [0.1, 0.15) is 42.4 Å². The highest BCUT2D eigenvalue weighted by molar-refractivity contribution is 5.90. The molecular formula is C32H30FN5O2. The number of amides is 2. The van der Waals surface area contributed by atoms with Gasteiger partial charge in [0.05, 0.1) is 36.3 Å². The van der Waals surface area contributed by atoms with E-state index in [4.69, 9.17) is 9.84 Å². The van der Waals surface area contributed by atoms with Crippen LogP contribution in [0.15, 0.2) is 97.2 Å². The molecule has 8 heteroatoms. The van der Waals surface area contributed by atoms with Gasteiger partial charge in [0.1, 0.15) is 17.4 Å². The van der Waals surface area contributed by atoms with Crippen LogP contribution < -0.4 is 10.1 Å². The highest BCUT2D eigenvalue weighted by Crippen LogP contribution is 2.39. The zero-order valence-electron chi connectivity index (χ0n) is 22.4. The Morgan fingerprint density at radius 1 is 0.975 bits per heavy atom. The van der Waals surface area contributed by atoms with Crippen molar-refractivity contribution in [2.75, 3.05) is 11.9 Å². The first-order valence-electron chi connectivity index (χ1n) is 13.5. The maximum Gasteiger partial charge on any atom is 0.322 e. The van der Waals surface area contributed by atoms with Crippen LogP contribution >= 0.6 is 0 Å². The SMILES string of the molecule is CCOc1ccc(NC(=O)N2Cc3c(CC)nn(-c4ccccc4)c3-n3cccc3[C@H]2c2ccc(F)cc2)cc1. The van der Waals surface area contributed by atoms with Gasteiger partial charge in [0.2, 0.25) is 0 Å². The molecule has 1 aliphatic rings. The van der Waals surface area contributed by atoms with Crippen molar-refractivity contribution < 1.29 is 13.9 Å². The molecule has 0 fully saturated rings. The van der Waals surface area contributed by atoms with E-state index in [2.05, 4.69) is 16.8 Å². The number of halogens is 1. The van der Waals surface area contributed by atoms with Crippen molar-refractivity contribution in [3.05, 3.63) is 126 Å². The summed E-state index contributed by atoms with van der Waals surface area (Å²) in [6.45, 7) is 4.88. The van der Waals surface area contributed by atoms with Crippen molar-refractivity contribution in [1.29, 1.82) is 0 Å². The smallest absolute Gasteiger partial charge is 0.322 e. The highest BCUT2D eigenvalue weighted by atomic mass is 19.1. The van der Waals surface area contributed by atoms with E-state index in [1.165, 1.54) is 12.1 Å². The van der Waals surface area contributed by atoms with E-state index in [0.717, 1.165) is 39.8 Å². The predicted octanol–water partition coefficient (Wildman–Crippen LogP) is 6.90. The van der Waals surface area contributed by atoms with Crippen molar-refractivity contribution in [3.63, 3.8) is 0 Å². The van der Waals surface area contributed by atoms with Gasteiger partial charge in [-0.05, 0) is 79.6 Å². The second kappa shape index (κ2) is 10.7. The van der Waals surface area contributed by atoms with E-state index in [1.807, 2.05) is 84.5 Å². The number of aromatic nitrogens is 3. The molecule has 1 atom stereocenters. The molecule has 202 valence electrons. The fraction of sp³-hybridized carbons (Fsp3) is 0.188. The van der Waals surface area contributed by atoms with E-state index in [1.54, 1.807) is 17.0 Å². The summed E-state index contributed by atoms with van der Waals surface area (Å²) in [5.41, 5.74) is 5.16. The third kappa shape index (κ3) is 4.62. The second-order valence-electron chi connectivity index (χ2n) is 9.62. The van der Waals surface area contributed by atoms with Crippen LogP contribution in [0, 0.1) is 5.82 Å². The molecule has 7 nitrogen and oxygen atoms in total. The summed E-state index contributed by atoms with van der Waals surface area (Å²) < 4.78 is 23.6. The minimum atomic E-state index is -0.473. The lowest BCUT2D eigenvalue weighted by molar-refractivity contribution is 0.194. The molecule has 0 saturated carbocycles. The van der Waals surface area contributed by atoms with Gasteiger partial charge in [-0.15, -0.1) is 0 Å². The Morgan fingerprint density at radius 2 is 1.73 bits per heavy atom. The number of rotatable bonds is 6. The van der Waals surface area contributed by atoms with E-state index in [9.17, 15) is 9.18 Å². The van der Waals surface area contributed by atoms with Crippen molar-refractivity contribution in [2.24, 2.45) is 0 Å². The Balaban J connectivity index is 1.49. The van der Waals surface area contributed by atoms with Gasteiger partial charge in [-0.25, -0.2) is 13.9 Å². The van der Waals surface area contributed by atoms with Crippen molar-refractivity contribution in [1.82, 2.24) is 19.2 Å². The zero-order valence-corrected chi connectivity index (χ0v) is 22.4. The number of carbonyl (C=O) groups excluding carboxylic acids is 1. The van der Waals surface area contributed by atoms with Gasteiger partial charge in [0.15, 0.2) is 0 Å². The number of para-hydroxylation sites is 1. The number of urea groups is 1. The maximum atomic E-state index is 14.1. The summed E-state index contributed by atoms with van der Waals surface area (Å²) in [6, 6.07) is 26.9. The first-order valence-corrected chi connectivity index (χ1v) is 13.5. The first-order chi connectivity index (χ1) is 19.6. The molecule has 0 spiro atoms. The molecule has 6 rings (SSSR count). The molecule has 2 aromatic heterocycles. The number of ether oxygens (including phenoxy) is 1. The Bertz CT molecular complexity index is 1620. The van der Waals surface area contributed by atoms with E-state index in [-0.39, 0.29) is 11.8 Å². The average molecular weight is 536 g/mol. The quantitative estimate of drug-likeness (QED) is 0.257. The van der Waals surface area contributed by atoms with E-state index >= 15 is 0 Å². The highest BCUT2D eigenvalue weighted by Gasteiger charge is 2.36. The normalized spacial score (nSPS) is 14.3. The lowest BCUT2D eigenvalue weighted by Gasteiger charge is -2.31. The minimum absolute atomic E-state index is 0.270. The molecular weight excluding hydrogens is 505 g/mol. The van der Waals surface area contributed by atoms with Crippen LogP contribution in [0.2, 0.25) is 0 Å². The average Bonchev–Trinajstić information content (AvgIpc) is 3.56. The molecule has 40 heavy (non-hydrogen) atoms. The molecule has 3 heterocycles. The summed E-state index contributed by atoms with van der Waals surface area (Å²) in [6.07, 6.45) is 2.70. The second-order valence-corrected chi connectivity index (χ2v) is 9.62. The Hall–Kier alpha value is -4.85. The third-order valence-corrected chi connectivity index (χ3v) is 7.17. The molecule has 2 amide bonds. The standard InChI is InChI=1S/C32H30FN5O2/c1-3-28-27-21-37(32(39)34-24-16-18-26(19-17-24)40-4-2)30(22-12-14-23(33)15-13-22)29-11-8-20-36(29)31(27)38(35-28)25-9-6-5-7-10-25/h5-20,30H,3-4,21H2,1-2H3,(H,34,39)/t30-/m1/s1. The molecule has 0 radical (unpaired) electrons. The molecule has 0 bridgehead atoms. The number of benzene rings is 3. The topological polar surface area (TPSA) is 64.3 Å². The van der Waals surface area contributed by atoms with Crippen molar-refractivity contribution in [3.8, 4) is 17.3 Å². The molecule has 1 aliphatic heterocycles. The van der Waals surface area contributed by atoms with E-state index in [0.29, 0.717) is 25.3 Å². The number of nitrogens with zero attached hydrogens (tertiary/aromatic N) is 4. The Kier molecular flexibility index (Phi) is 6.82. The lowest BCUT2D eigenvalue weighted by atomic mass is 10.0. The number of aryl methyl sites for hydroxylation is 1. The van der Waals surface area contributed by atoms with Crippen LogP contribution in [0.4, 0.5) is 14.9 Å². The molecule has 0 unspecified atom stereocenters. The number of nitrogens with one attached hydrogen (secondary N) is 1. The summed E-state index contributed by atoms with van der Waals surface area (Å²) in [4.78, 5) is 15.9. The first kappa shape index (κ1) is 25.4. The number of hydrogen-bond donors (Lipinski definition) is 1. The number of carbonyl (C=O) groups is 1. The number of anilines is 1. The number of fused-ring (bicyclic) bond motifs is 3. The molecule has 0 saturated heterocycles. The fourth-order valence-electron chi connectivity index (χ4n) is 5.34. The van der Waals surface area contributed by atoms with Crippen LogP contribution in [0.25, 0.3) is 11.5 Å². The van der Waals surface area contributed by atoms with Gasteiger partial charge in [0.25, 0.3) is 0 Å². The number of hydrogen-bond acceptors (Lipinski definition) is 3. The Labute approximate surface area is 232 Å². The van der Waals surface area contributed by atoms with Gasteiger partial charge in [-0.3, -0.25) is 0 Å². The van der Waals surface area contributed by atoms with E-state index < -0.39 is 6.04 Å². The summed E-state index contributed by atoms with van der Waals surface area (Å²) >= 11 is 0. The van der Waals surface area contributed by atoms with Crippen molar-refractivity contribution >= 4 is 11.7 Å². The minimum Gasteiger partial charge on any atom is -0.494 e. The maximum absolute atomic E-state index is 14.1. The van der Waals surface area contributed by atoms with Crippen LogP contribution in [0.5, 0.6) is 5.75 Å². The van der Waals surface area contributed by atoms with Crippen LogP contribution in [-0.4, -0.2) is 31.9 Å². The Morgan fingerprint density at radius 3 is 2.42 bits per heavy atom. The van der Waals surface area contributed by atoms with Gasteiger partial charge in [0, 0.05) is 17.4 Å². The lowest BCUT2D eigenvalue weighted by Crippen LogP contribution is -2.38. The summed E-state index contributed by atoms with van der Waals surface area (Å²) in [5.74, 6) is 1.31. The van der Waals surface area contributed by atoms with Gasteiger partial charge in [-0.1, -0.05) is 37.3 Å². The van der Waals surface area contributed by atoms with Crippen LogP contribution in [0.3, 0.4) is 0 Å². The molecule has 1 N–H and O–H groups in total. The largest absolute Gasteiger partial charge is 0.494 e. The summed E-state index contributed by atoms with van der Waals surface area (Å²) in [7, 11) is 0. The van der Waals surface area contributed by atoms with Crippen molar-refractivity contribution in [2.45, 2.75) is 32.9 Å².